The van der Waals surface area contributed by atoms with E-state index in [1.807, 2.05) is 43.4 Å². The minimum absolute atomic E-state index is 0.194. The van der Waals surface area contributed by atoms with E-state index in [1.165, 1.54) is 12.1 Å². The van der Waals surface area contributed by atoms with Crippen LogP contribution in [0.5, 0.6) is 0 Å². The van der Waals surface area contributed by atoms with E-state index in [0.29, 0.717) is 0 Å². The Hall–Kier alpha value is -1.58. The fraction of sp³-hybridized carbons (Fsp3) is 0.250. The second-order valence-electron chi connectivity index (χ2n) is 4.80. The SMILES string of the molecule is CN(CCNc1ccc(Cl)cc1)Cc1ccc(F)cc1. The first-order chi connectivity index (χ1) is 9.63. The van der Waals surface area contributed by atoms with Gasteiger partial charge in [0.15, 0.2) is 0 Å². The van der Waals surface area contributed by atoms with Gasteiger partial charge in [0.2, 0.25) is 0 Å². The Balaban J connectivity index is 1.73. The van der Waals surface area contributed by atoms with Crippen LogP contribution in [-0.2, 0) is 6.54 Å². The van der Waals surface area contributed by atoms with E-state index in [-0.39, 0.29) is 5.82 Å². The van der Waals surface area contributed by atoms with Gasteiger partial charge in [0.1, 0.15) is 5.82 Å². The summed E-state index contributed by atoms with van der Waals surface area (Å²) in [6.45, 7) is 2.56. The van der Waals surface area contributed by atoms with Crippen molar-refractivity contribution in [2.24, 2.45) is 0 Å². The van der Waals surface area contributed by atoms with Gasteiger partial charge in [0.25, 0.3) is 0 Å². The molecule has 0 spiro atoms. The van der Waals surface area contributed by atoms with E-state index < -0.39 is 0 Å². The Bertz CT molecular complexity index is 525. The lowest BCUT2D eigenvalue weighted by atomic mass is 10.2. The Morgan fingerprint density at radius 2 is 1.70 bits per heavy atom. The van der Waals surface area contributed by atoms with E-state index in [1.54, 1.807) is 0 Å². The number of benzene rings is 2. The van der Waals surface area contributed by atoms with Crippen LogP contribution in [0.15, 0.2) is 48.5 Å². The maximum absolute atomic E-state index is 12.8. The molecule has 2 aromatic carbocycles. The molecule has 2 aromatic rings. The highest BCUT2D eigenvalue weighted by molar-refractivity contribution is 6.30. The van der Waals surface area contributed by atoms with Gasteiger partial charge in [-0.1, -0.05) is 23.7 Å². The predicted molar refractivity (Wildman–Crippen MR) is 82.7 cm³/mol. The molecular formula is C16H18ClFN2. The number of anilines is 1. The number of hydrogen-bond donors (Lipinski definition) is 1. The van der Waals surface area contributed by atoms with Crippen molar-refractivity contribution in [3.8, 4) is 0 Å². The lowest BCUT2D eigenvalue weighted by Gasteiger charge is -2.17. The predicted octanol–water partition coefficient (Wildman–Crippen LogP) is 4.02. The average Bonchev–Trinajstić information content (AvgIpc) is 2.44. The topological polar surface area (TPSA) is 15.3 Å². The van der Waals surface area contributed by atoms with Gasteiger partial charge in [0, 0.05) is 30.3 Å². The van der Waals surface area contributed by atoms with Crippen molar-refractivity contribution >= 4 is 17.3 Å². The number of nitrogens with one attached hydrogen (secondary N) is 1. The molecule has 0 aliphatic carbocycles. The fourth-order valence-electron chi connectivity index (χ4n) is 1.94. The van der Waals surface area contributed by atoms with Gasteiger partial charge in [-0.2, -0.15) is 0 Å². The molecule has 0 heterocycles. The molecule has 1 N–H and O–H groups in total. The summed E-state index contributed by atoms with van der Waals surface area (Å²) in [7, 11) is 2.05. The van der Waals surface area contributed by atoms with Crippen LogP contribution in [0, 0.1) is 5.82 Å². The molecule has 0 aromatic heterocycles. The molecule has 0 amide bonds. The summed E-state index contributed by atoms with van der Waals surface area (Å²) in [4.78, 5) is 2.19. The summed E-state index contributed by atoms with van der Waals surface area (Å²) < 4.78 is 12.8. The molecule has 0 atom stereocenters. The lowest BCUT2D eigenvalue weighted by Crippen LogP contribution is -2.24. The van der Waals surface area contributed by atoms with Crippen molar-refractivity contribution < 1.29 is 4.39 Å². The minimum atomic E-state index is -0.194. The van der Waals surface area contributed by atoms with Gasteiger partial charge < -0.3 is 10.2 Å². The molecule has 20 heavy (non-hydrogen) atoms. The maximum atomic E-state index is 12.8. The minimum Gasteiger partial charge on any atom is -0.384 e. The van der Waals surface area contributed by atoms with E-state index in [2.05, 4.69) is 10.2 Å². The van der Waals surface area contributed by atoms with Crippen molar-refractivity contribution in [2.45, 2.75) is 6.54 Å². The van der Waals surface area contributed by atoms with E-state index >= 15 is 0 Å². The normalized spacial score (nSPS) is 10.8. The Labute approximate surface area is 124 Å². The molecular weight excluding hydrogens is 275 g/mol. The molecule has 0 bridgehead atoms. The third kappa shape index (κ3) is 4.83. The number of rotatable bonds is 6. The van der Waals surface area contributed by atoms with Crippen LogP contribution in [0.25, 0.3) is 0 Å². The van der Waals surface area contributed by atoms with Crippen LogP contribution in [0.3, 0.4) is 0 Å². The quantitative estimate of drug-likeness (QED) is 0.865. The molecule has 2 nitrogen and oxygen atoms in total. The van der Waals surface area contributed by atoms with Crippen molar-refractivity contribution in [2.75, 3.05) is 25.5 Å². The van der Waals surface area contributed by atoms with Gasteiger partial charge in [0.05, 0.1) is 0 Å². The third-order valence-electron chi connectivity index (χ3n) is 3.03. The molecule has 4 heteroatoms. The number of nitrogens with zero attached hydrogens (tertiary/aromatic N) is 1. The van der Waals surface area contributed by atoms with Gasteiger partial charge >= 0.3 is 0 Å². The molecule has 0 fully saturated rings. The fourth-order valence-corrected chi connectivity index (χ4v) is 2.07. The number of likely N-dealkylation sites (N-methyl/N-ethyl adjacent to an activating group) is 1. The molecule has 0 radical (unpaired) electrons. The second-order valence-corrected chi connectivity index (χ2v) is 5.23. The van der Waals surface area contributed by atoms with Gasteiger partial charge in [-0.15, -0.1) is 0 Å². The zero-order valence-corrected chi connectivity index (χ0v) is 12.2. The van der Waals surface area contributed by atoms with Crippen molar-refractivity contribution in [3.05, 3.63) is 64.9 Å². The highest BCUT2D eigenvalue weighted by Gasteiger charge is 2.01. The first kappa shape index (κ1) is 14.8. The van der Waals surface area contributed by atoms with Crippen LogP contribution in [-0.4, -0.2) is 25.0 Å². The van der Waals surface area contributed by atoms with Crippen LogP contribution >= 0.6 is 11.6 Å². The summed E-state index contributed by atoms with van der Waals surface area (Å²) >= 11 is 5.83. The lowest BCUT2D eigenvalue weighted by molar-refractivity contribution is 0.340. The smallest absolute Gasteiger partial charge is 0.123 e. The molecule has 0 aliphatic rings. The first-order valence-corrected chi connectivity index (χ1v) is 6.94. The van der Waals surface area contributed by atoms with Gasteiger partial charge in [-0.25, -0.2) is 4.39 Å². The molecule has 2 rings (SSSR count). The second kappa shape index (κ2) is 7.27. The van der Waals surface area contributed by atoms with Crippen LogP contribution in [0.2, 0.25) is 5.02 Å². The number of halogens is 2. The summed E-state index contributed by atoms with van der Waals surface area (Å²) in [5.74, 6) is -0.194. The summed E-state index contributed by atoms with van der Waals surface area (Å²) in [5.41, 5.74) is 2.17. The average molecular weight is 293 g/mol. The summed E-state index contributed by atoms with van der Waals surface area (Å²) in [6, 6.07) is 14.3. The van der Waals surface area contributed by atoms with Crippen molar-refractivity contribution in [3.63, 3.8) is 0 Å². The summed E-state index contributed by atoms with van der Waals surface area (Å²) in [5, 5.41) is 4.08. The van der Waals surface area contributed by atoms with Crippen molar-refractivity contribution in [1.82, 2.24) is 4.90 Å². The standard InChI is InChI=1S/C16H18ClFN2/c1-20(12-13-2-6-15(18)7-3-13)11-10-19-16-8-4-14(17)5-9-16/h2-9,19H,10-12H2,1H3. The maximum Gasteiger partial charge on any atom is 0.123 e. The Morgan fingerprint density at radius 1 is 1.05 bits per heavy atom. The molecule has 0 unspecified atom stereocenters. The zero-order chi connectivity index (χ0) is 14.4. The van der Waals surface area contributed by atoms with Crippen molar-refractivity contribution in [1.29, 1.82) is 0 Å². The zero-order valence-electron chi connectivity index (χ0n) is 11.4. The highest BCUT2D eigenvalue weighted by atomic mass is 35.5. The van der Waals surface area contributed by atoms with Crippen LogP contribution in [0.1, 0.15) is 5.56 Å². The van der Waals surface area contributed by atoms with E-state index in [4.69, 9.17) is 11.6 Å². The third-order valence-corrected chi connectivity index (χ3v) is 3.28. The van der Waals surface area contributed by atoms with Crippen LogP contribution in [0.4, 0.5) is 10.1 Å². The largest absolute Gasteiger partial charge is 0.384 e. The number of hydrogen-bond acceptors (Lipinski definition) is 2. The Kier molecular flexibility index (Phi) is 5.39. The molecule has 0 aliphatic heterocycles. The highest BCUT2D eigenvalue weighted by Crippen LogP contribution is 2.13. The van der Waals surface area contributed by atoms with E-state index in [9.17, 15) is 4.39 Å². The monoisotopic (exact) mass is 292 g/mol. The van der Waals surface area contributed by atoms with Gasteiger partial charge in [-0.05, 0) is 49.0 Å². The molecule has 106 valence electrons. The van der Waals surface area contributed by atoms with E-state index in [0.717, 1.165) is 35.9 Å². The van der Waals surface area contributed by atoms with Gasteiger partial charge in [-0.3, -0.25) is 0 Å². The molecule has 0 saturated heterocycles. The summed E-state index contributed by atoms with van der Waals surface area (Å²) in [6.07, 6.45) is 0. The Morgan fingerprint density at radius 3 is 2.35 bits per heavy atom. The molecule has 0 saturated carbocycles. The first-order valence-electron chi connectivity index (χ1n) is 6.56. The van der Waals surface area contributed by atoms with Crippen LogP contribution < -0.4 is 5.32 Å².